The first-order valence-corrected chi connectivity index (χ1v) is 20.8. The van der Waals surface area contributed by atoms with Crippen molar-refractivity contribution in [2.24, 2.45) is 0 Å². The lowest BCUT2D eigenvalue weighted by Gasteiger charge is -2.25. The van der Waals surface area contributed by atoms with Crippen LogP contribution in [0.4, 0.5) is 22.7 Å². The molecule has 1 aromatic heterocycles. The topological polar surface area (TPSA) is 100 Å². The molecule has 0 aliphatic carbocycles. The maximum atomic E-state index is 14.2. The minimum absolute atomic E-state index is 0.108. The number of ketones is 1. The summed E-state index contributed by atoms with van der Waals surface area (Å²) in [6.07, 6.45) is 0. The molecule has 0 saturated carbocycles. The van der Waals surface area contributed by atoms with Crippen LogP contribution in [-0.4, -0.2) is 45.9 Å². The molecule has 64 heavy (non-hydrogen) atoms. The van der Waals surface area contributed by atoms with Crippen molar-refractivity contribution in [1.29, 1.82) is 0 Å². The quantitative estimate of drug-likeness (QED) is 0.112. The van der Waals surface area contributed by atoms with Gasteiger partial charge in [-0.25, -0.2) is 4.90 Å². The highest BCUT2D eigenvalue weighted by atomic mass is 16.2. The molecule has 11 rings (SSSR count). The van der Waals surface area contributed by atoms with E-state index < -0.39 is 29.4 Å². The van der Waals surface area contributed by atoms with Gasteiger partial charge in [-0.3, -0.25) is 28.9 Å². The summed E-state index contributed by atoms with van der Waals surface area (Å²) < 4.78 is 2.23. The van der Waals surface area contributed by atoms with Crippen LogP contribution >= 0.6 is 0 Å². The molecule has 4 amide bonds. The van der Waals surface area contributed by atoms with Gasteiger partial charge >= 0.3 is 0 Å². The molecule has 0 fully saturated rings. The molecule has 0 radical (unpaired) electrons. The van der Waals surface area contributed by atoms with E-state index in [9.17, 15) is 24.0 Å². The first kappa shape index (κ1) is 38.2. The molecule has 0 spiro atoms. The third-order valence-corrected chi connectivity index (χ3v) is 12.3. The summed E-state index contributed by atoms with van der Waals surface area (Å²) in [5.41, 5.74) is 10.6. The SMILES string of the molecule is Cc1ccc2c(c1)c1cc(N3C(=O)c4ccc(C(=O)c5ccc6c(c5)C(=O)N(C)C6=O)cc4C3=O)ccc1n2-c1ccccc1-c1ccc(N(c2ccccc2)c2ccccc2)cc1. The summed E-state index contributed by atoms with van der Waals surface area (Å²) in [5, 5.41) is 1.83. The highest BCUT2D eigenvalue weighted by Gasteiger charge is 2.38. The van der Waals surface area contributed by atoms with Gasteiger partial charge in [-0.15, -0.1) is 0 Å². The summed E-state index contributed by atoms with van der Waals surface area (Å²) >= 11 is 0. The Kier molecular flexibility index (Phi) is 8.81. The van der Waals surface area contributed by atoms with Crippen LogP contribution in [0.1, 0.15) is 62.9 Å². The molecule has 306 valence electrons. The van der Waals surface area contributed by atoms with E-state index >= 15 is 0 Å². The lowest BCUT2D eigenvalue weighted by Crippen LogP contribution is -2.29. The number of rotatable bonds is 8. The number of hydrogen-bond acceptors (Lipinski definition) is 6. The number of nitrogens with zero attached hydrogens (tertiary/aromatic N) is 4. The van der Waals surface area contributed by atoms with Crippen LogP contribution in [0.15, 0.2) is 182 Å². The molecule has 0 N–H and O–H groups in total. The molecule has 3 heterocycles. The molecule has 9 heteroatoms. The van der Waals surface area contributed by atoms with Gasteiger partial charge in [0.15, 0.2) is 5.78 Å². The maximum absolute atomic E-state index is 14.2. The number of carbonyl (C=O) groups is 5. The number of benzene rings is 8. The zero-order valence-electron chi connectivity index (χ0n) is 34.7. The predicted octanol–water partition coefficient (Wildman–Crippen LogP) is 11.5. The Morgan fingerprint density at radius 1 is 0.453 bits per heavy atom. The first-order valence-electron chi connectivity index (χ1n) is 20.8. The van der Waals surface area contributed by atoms with E-state index in [4.69, 9.17) is 0 Å². The Bertz CT molecular complexity index is 3430. The smallest absolute Gasteiger partial charge is 0.266 e. The number of imide groups is 2. The standard InChI is InChI=1S/C55H36N4O5/c1-33-17-27-49-44(29-33)45-32-40(58-54(63)43-26-21-36(31-47(43)55(58)64)51(60)35-20-25-42-46(30-35)53(62)56(2)52(42)61)24-28-50(45)59(49)48-16-10-9-15-41(48)34-18-22-39(23-19-34)57(37-11-5-3-6-12-37)38-13-7-4-8-14-38/h3-32H,1-2H3. The fraction of sp³-hybridized carbons (Fsp3) is 0.0364. The molecule has 9 aromatic rings. The third-order valence-electron chi connectivity index (χ3n) is 12.3. The van der Waals surface area contributed by atoms with Crippen LogP contribution in [0.25, 0.3) is 38.6 Å². The van der Waals surface area contributed by atoms with Gasteiger partial charge in [0.25, 0.3) is 23.6 Å². The lowest BCUT2D eigenvalue weighted by molar-refractivity contribution is 0.0692. The highest BCUT2D eigenvalue weighted by Crippen LogP contribution is 2.41. The van der Waals surface area contributed by atoms with Gasteiger partial charge in [0, 0.05) is 51.6 Å². The third kappa shape index (κ3) is 5.97. The Balaban J connectivity index is 0.952. The minimum Gasteiger partial charge on any atom is -0.311 e. The average molecular weight is 833 g/mol. The summed E-state index contributed by atoms with van der Waals surface area (Å²) in [7, 11) is 1.39. The molecule has 2 aliphatic rings. The molecule has 0 unspecified atom stereocenters. The number of aromatic nitrogens is 1. The van der Waals surface area contributed by atoms with Gasteiger partial charge in [0.2, 0.25) is 0 Å². The van der Waals surface area contributed by atoms with Crippen molar-refractivity contribution < 1.29 is 24.0 Å². The fourth-order valence-corrected chi connectivity index (χ4v) is 9.11. The van der Waals surface area contributed by atoms with E-state index in [-0.39, 0.29) is 33.4 Å². The van der Waals surface area contributed by atoms with Crippen molar-refractivity contribution in [2.45, 2.75) is 6.92 Å². The number of aryl methyl sites for hydroxylation is 1. The van der Waals surface area contributed by atoms with Crippen LogP contribution < -0.4 is 9.80 Å². The molecule has 0 atom stereocenters. The van der Waals surface area contributed by atoms with Crippen molar-refractivity contribution in [2.75, 3.05) is 16.8 Å². The van der Waals surface area contributed by atoms with E-state index in [0.29, 0.717) is 5.69 Å². The lowest BCUT2D eigenvalue weighted by atomic mass is 9.96. The van der Waals surface area contributed by atoms with E-state index in [1.165, 1.54) is 43.4 Å². The number of hydrogen-bond donors (Lipinski definition) is 0. The van der Waals surface area contributed by atoms with Crippen molar-refractivity contribution in [3.63, 3.8) is 0 Å². The summed E-state index contributed by atoms with van der Waals surface area (Å²) in [5.74, 6) is -2.40. The molecule has 0 bridgehead atoms. The van der Waals surface area contributed by atoms with E-state index in [0.717, 1.165) is 71.0 Å². The van der Waals surface area contributed by atoms with Crippen molar-refractivity contribution >= 4 is 74.0 Å². The zero-order chi connectivity index (χ0) is 43.8. The Labute approximate surface area is 367 Å². The van der Waals surface area contributed by atoms with Crippen molar-refractivity contribution in [1.82, 2.24) is 9.47 Å². The van der Waals surface area contributed by atoms with Crippen LogP contribution in [0, 0.1) is 6.92 Å². The second-order valence-corrected chi connectivity index (χ2v) is 16.1. The summed E-state index contributed by atoms with van der Waals surface area (Å²) in [6.45, 7) is 2.04. The molecular formula is C55H36N4O5. The van der Waals surface area contributed by atoms with Crippen LogP contribution in [-0.2, 0) is 0 Å². The molecular weight excluding hydrogens is 797 g/mol. The molecule has 8 aromatic carbocycles. The van der Waals surface area contributed by atoms with Crippen LogP contribution in [0.3, 0.4) is 0 Å². The fourth-order valence-electron chi connectivity index (χ4n) is 9.11. The van der Waals surface area contributed by atoms with Crippen LogP contribution in [0.2, 0.25) is 0 Å². The van der Waals surface area contributed by atoms with E-state index in [1.54, 1.807) is 6.07 Å². The predicted molar refractivity (Wildman–Crippen MR) is 250 cm³/mol. The van der Waals surface area contributed by atoms with Crippen LogP contribution in [0.5, 0.6) is 0 Å². The van der Waals surface area contributed by atoms with Gasteiger partial charge in [0.05, 0.1) is 44.7 Å². The van der Waals surface area contributed by atoms with Gasteiger partial charge in [-0.2, -0.15) is 0 Å². The second kappa shape index (κ2) is 14.7. The first-order chi connectivity index (χ1) is 31.2. The molecule has 9 nitrogen and oxygen atoms in total. The van der Waals surface area contributed by atoms with E-state index in [2.05, 4.69) is 88.3 Å². The number of para-hydroxylation sites is 3. The monoisotopic (exact) mass is 832 g/mol. The maximum Gasteiger partial charge on any atom is 0.266 e. The number of anilines is 4. The van der Waals surface area contributed by atoms with Crippen molar-refractivity contribution in [3.8, 4) is 16.8 Å². The van der Waals surface area contributed by atoms with Gasteiger partial charge in [0.1, 0.15) is 0 Å². The molecule has 0 saturated heterocycles. The Hall–Kier alpha value is -8.69. The Morgan fingerprint density at radius 2 is 0.969 bits per heavy atom. The largest absolute Gasteiger partial charge is 0.311 e. The second-order valence-electron chi connectivity index (χ2n) is 16.1. The van der Waals surface area contributed by atoms with E-state index in [1.807, 2.05) is 67.6 Å². The normalized spacial score (nSPS) is 13.3. The molecule has 2 aliphatic heterocycles. The number of fused-ring (bicyclic) bond motifs is 5. The zero-order valence-corrected chi connectivity index (χ0v) is 34.7. The summed E-state index contributed by atoms with van der Waals surface area (Å²) in [4.78, 5) is 71.4. The Morgan fingerprint density at radius 3 is 1.62 bits per heavy atom. The average Bonchev–Trinajstić information content (AvgIpc) is 3.87. The summed E-state index contributed by atoms with van der Waals surface area (Å²) in [6, 6.07) is 58.2. The highest BCUT2D eigenvalue weighted by molar-refractivity contribution is 6.35. The number of amides is 4. The van der Waals surface area contributed by atoms with Crippen molar-refractivity contribution in [3.05, 3.63) is 221 Å². The number of carbonyl (C=O) groups excluding carboxylic acids is 5. The van der Waals surface area contributed by atoms with Gasteiger partial charge in [-0.05, 0) is 110 Å². The minimum atomic E-state index is -0.544. The van der Waals surface area contributed by atoms with Gasteiger partial charge < -0.3 is 9.47 Å². The van der Waals surface area contributed by atoms with Gasteiger partial charge in [-0.1, -0.05) is 90.5 Å².